The molecule has 5 nitrogen and oxygen atoms in total. The van der Waals surface area contributed by atoms with E-state index in [9.17, 15) is 4.79 Å². The first-order valence-electron chi connectivity index (χ1n) is 9.15. The molecular formula is C23H17Cl2N3O2. The first-order chi connectivity index (χ1) is 14.5. The van der Waals surface area contributed by atoms with Crippen molar-refractivity contribution in [2.45, 2.75) is 6.54 Å². The number of carboxylic acid groups (broad SMARTS) is 1. The third kappa shape index (κ3) is 4.32. The lowest BCUT2D eigenvalue weighted by Gasteiger charge is -2.08. The minimum atomic E-state index is -0.960. The molecule has 0 saturated heterocycles. The average molecular weight is 438 g/mol. The van der Waals surface area contributed by atoms with E-state index in [0.717, 1.165) is 22.0 Å². The number of benzene rings is 3. The number of anilines is 1. The molecule has 7 heteroatoms. The van der Waals surface area contributed by atoms with E-state index in [1.165, 1.54) is 12.1 Å². The largest absolute Gasteiger partial charge is 0.478 e. The summed E-state index contributed by atoms with van der Waals surface area (Å²) in [5.74, 6) is -0.960. The second kappa shape index (κ2) is 8.61. The van der Waals surface area contributed by atoms with Crippen LogP contribution in [-0.4, -0.2) is 21.9 Å². The molecule has 1 heterocycles. The van der Waals surface area contributed by atoms with Gasteiger partial charge < -0.3 is 9.67 Å². The maximum Gasteiger partial charge on any atom is 0.335 e. The standard InChI is InChI=1S/C23H17Cl2N3O2/c24-18-8-5-16(21(25)11-18)13-28-14-17(20-3-1-2-4-22(20)28)12-26-27-19-9-6-15(7-10-19)23(29)30/h1-12,14,27H,13H2,(H,29,30)/b26-12+. The highest BCUT2D eigenvalue weighted by Gasteiger charge is 2.09. The van der Waals surface area contributed by atoms with Crippen LogP contribution in [-0.2, 0) is 6.54 Å². The van der Waals surface area contributed by atoms with Crippen LogP contribution in [0.5, 0.6) is 0 Å². The SMILES string of the molecule is O=C(O)c1ccc(N/N=C/c2cn(Cc3ccc(Cl)cc3Cl)c3ccccc23)cc1. The zero-order chi connectivity index (χ0) is 21.1. The summed E-state index contributed by atoms with van der Waals surface area (Å²) in [7, 11) is 0. The molecule has 4 rings (SSSR count). The summed E-state index contributed by atoms with van der Waals surface area (Å²) in [4.78, 5) is 10.9. The summed E-state index contributed by atoms with van der Waals surface area (Å²) >= 11 is 12.4. The number of rotatable bonds is 6. The number of aromatic nitrogens is 1. The van der Waals surface area contributed by atoms with Gasteiger partial charge in [-0.25, -0.2) is 4.79 Å². The Kier molecular flexibility index (Phi) is 5.74. The van der Waals surface area contributed by atoms with Crippen molar-refractivity contribution < 1.29 is 9.90 Å². The van der Waals surface area contributed by atoms with Crippen molar-refractivity contribution in [3.8, 4) is 0 Å². The van der Waals surface area contributed by atoms with Crippen LogP contribution in [0.1, 0.15) is 21.5 Å². The molecular weight excluding hydrogens is 421 g/mol. The van der Waals surface area contributed by atoms with Gasteiger partial charge >= 0.3 is 5.97 Å². The third-order valence-corrected chi connectivity index (χ3v) is 5.29. The maximum atomic E-state index is 10.9. The molecule has 0 amide bonds. The topological polar surface area (TPSA) is 66.6 Å². The van der Waals surface area contributed by atoms with Crippen molar-refractivity contribution in [2.24, 2.45) is 5.10 Å². The highest BCUT2D eigenvalue weighted by atomic mass is 35.5. The summed E-state index contributed by atoms with van der Waals surface area (Å²) < 4.78 is 2.12. The Hall–Kier alpha value is -3.28. The predicted molar refractivity (Wildman–Crippen MR) is 122 cm³/mol. The normalized spacial score (nSPS) is 11.3. The second-order valence-electron chi connectivity index (χ2n) is 6.72. The van der Waals surface area contributed by atoms with Gasteiger partial charge in [0, 0.05) is 39.3 Å². The van der Waals surface area contributed by atoms with Gasteiger partial charge in [0.1, 0.15) is 0 Å². The Morgan fingerprint density at radius 1 is 1.07 bits per heavy atom. The minimum absolute atomic E-state index is 0.230. The molecule has 30 heavy (non-hydrogen) atoms. The minimum Gasteiger partial charge on any atom is -0.478 e. The molecule has 4 aromatic rings. The van der Waals surface area contributed by atoms with Gasteiger partial charge in [0.2, 0.25) is 0 Å². The first kappa shape index (κ1) is 20.0. The monoisotopic (exact) mass is 437 g/mol. The number of carboxylic acids is 1. The molecule has 150 valence electrons. The van der Waals surface area contributed by atoms with Crippen molar-refractivity contribution in [1.29, 1.82) is 0 Å². The smallest absolute Gasteiger partial charge is 0.335 e. The highest BCUT2D eigenvalue weighted by molar-refractivity contribution is 6.35. The Balaban J connectivity index is 1.58. The summed E-state index contributed by atoms with van der Waals surface area (Å²) in [6.07, 6.45) is 3.77. The van der Waals surface area contributed by atoms with Crippen molar-refractivity contribution >= 4 is 52.0 Å². The first-order valence-corrected chi connectivity index (χ1v) is 9.91. The average Bonchev–Trinajstić information content (AvgIpc) is 3.08. The van der Waals surface area contributed by atoms with Gasteiger partial charge in [-0.1, -0.05) is 47.5 Å². The lowest BCUT2D eigenvalue weighted by Crippen LogP contribution is -1.98. The zero-order valence-electron chi connectivity index (χ0n) is 15.7. The van der Waals surface area contributed by atoms with Gasteiger partial charge in [-0.05, 0) is 48.0 Å². The number of hydrazone groups is 1. The number of carbonyl (C=O) groups is 1. The van der Waals surface area contributed by atoms with E-state index < -0.39 is 5.97 Å². The lowest BCUT2D eigenvalue weighted by atomic mass is 10.2. The Morgan fingerprint density at radius 2 is 1.83 bits per heavy atom. The molecule has 3 aromatic carbocycles. The fraction of sp³-hybridized carbons (Fsp3) is 0.0435. The summed E-state index contributed by atoms with van der Waals surface area (Å²) in [5, 5.41) is 15.6. The molecule has 0 spiro atoms. The molecule has 1 aromatic heterocycles. The van der Waals surface area contributed by atoms with E-state index in [4.69, 9.17) is 28.3 Å². The van der Waals surface area contributed by atoms with Crippen LogP contribution in [0.15, 0.2) is 78.0 Å². The number of para-hydroxylation sites is 1. The van der Waals surface area contributed by atoms with E-state index in [2.05, 4.69) is 21.2 Å². The second-order valence-corrected chi connectivity index (χ2v) is 7.56. The molecule has 0 unspecified atom stereocenters. The van der Waals surface area contributed by atoms with Crippen LogP contribution < -0.4 is 5.43 Å². The quantitative estimate of drug-likeness (QED) is 0.281. The maximum absolute atomic E-state index is 10.9. The molecule has 0 aliphatic carbocycles. The van der Waals surface area contributed by atoms with E-state index in [1.807, 2.05) is 36.5 Å². The van der Waals surface area contributed by atoms with Crippen molar-refractivity contribution in [3.63, 3.8) is 0 Å². The third-order valence-electron chi connectivity index (χ3n) is 4.70. The van der Waals surface area contributed by atoms with Crippen LogP contribution in [0, 0.1) is 0 Å². The van der Waals surface area contributed by atoms with E-state index >= 15 is 0 Å². The van der Waals surface area contributed by atoms with Gasteiger partial charge in [0.05, 0.1) is 17.5 Å². The van der Waals surface area contributed by atoms with Crippen molar-refractivity contribution in [1.82, 2.24) is 4.57 Å². The van der Waals surface area contributed by atoms with Crippen molar-refractivity contribution in [2.75, 3.05) is 5.43 Å². The number of fused-ring (bicyclic) bond motifs is 1. The summed E-state index contributed by atoms with van der Waals surface area (Å²) in [6, 6.07) is 20.0. The van der Waals surface area contributed by atoms with Crippen LogP contribution >= 0.6 is 23.2 Å². The fourth-order valence-electron chi connectivity index (χ4n) is 3.21. The Labute approximate surface area is 183 Å². The van der Waals surface area contributed by atoms with Gasteiger partial charge in [-0.3, -0.25) is 5.43 Å². The molecule has 0 radical (unpaired) electrons. The molecule has 0 bridgehead atoms. The number of aromatic carboxylic acids is 1. The van der Waals surface area contributed by atoms with Crippen LogP contribution in [0.3, 0.4) is 0 Å². The molecule has 0 fully saturated rings. The molecule has 0 aliphatic heterocycles. The van der Waals surface area contributed by atoms with Crippen molar-refractivity contribution in [3.05, 3.63) is 99.7 Å². The number of hydrogen-bond donors (Lipinski definition) is 2. The number of halogens is 2. The van der Waals surface area contributed by atoms with Gasteiger partial charge in [-0.2, -0.15) is 5.10 Å². The fourth-order valence-corrected chi connectivity index (χ4v) is 3.67. The highest BCUT2D eigenvalue weighted by Crippen LogP contribution is 2.25. The molecule has 0 aliphatic rings. The number of nitrogens with one attached hydrogen (secondary N) is 1. The molecule has 0 atom stereocenters. The lowest BCUT2D eigenvalue weighted by molar-refractivity contribution is 0.0697. The Bertz CT molecular complexity index is 1250. The van der Waals surface area contributed by atoms with Gasteiger partial charge in [-0.15, -0.1) is 0 Å². The van der Waals surface area contributed by atoms with Gasteiger partial charge in [0.25, 0.3) is 0 Å². The van der Waals surface area contributed by atoms with Crippen LogP contribution in [0.4, 0.5) is 5.69 Å². The van der Waals surface area contributed by atoms with Crippen LogP contribution in [0.25, 0.3) is 10.9 Å². The number of nitrogens with zero attached hydrogens (tertiary/aromatic N) is 2. The summed E-state index contributed by atoms with van der Waals surface area (Å²) in [5.41, 5.74) is 6.85. The summed E-state index contributed by atoms with van der Waals surface area (Å²) in [6.45, 7) is 0.606. The van der Waals surface area contributed by atoms with Crippen LogP contribution in [0.2, 0.25) is 10.0 Å². The molecule has 2 N–H and O–H groups in total. The molecule has 0 saturated carbocycles. The Morgan fingerprint density at radius 3 is 2.57 bits per heavy atom. The zero-order valence-corrected chi connectivity index (χ0v) is 17.2. The van der Waals surface area contributed by atoms with E-state index in [0.29, 0.717) is 22.3 Å². The van der Waals surface area contributed by atoms with E-state index in [-0.39, 0.29) is 5.56 Å². The number of hydrogen-bond acceptors (Lipinski definition) is 3. The van der Waals surface area contributed by atoms with E-state index in [1.54, 1.807) is 24.4 Å². The van der Waals surface area contributed by atoms with Gasteiger partial charge in [0.15, 0.2) is 0 Å². The predicted octanol–water partition coefficient (Wildman–Crippen LogP) is 6.14.